The largest absolute Gasteiger partial charge is 0.104 e. The first kappa shape index (κ1) is 26.9. The van der Waals surface area contributed by atoms with Gasteiger partial charge in [0.05, 0.1) is 5.56 Å². The van der Waals surface area contributed by atoms with Crippen LogP contribution in [0.5, 0.6) is 0 Å². The molecule has 0 saturated heterocycles. The lowest BCUT2D eigenvalue weighted by atomic mass is 9.72. The van der Waals surface area contributed by atoms with Crippen LogP contribution in [0.25, 0.3) is 11.1 Å². The zero-order chi connectivity index (χ0) is 25.8. The summed E-state index contributed by atoms with van der Waals surface area (Å²) in [5, 5.41) is 0. The summed E-state index contributed by atoms with van der Waals surface area (Å²) in [5.41, 5.74) is 14.0. The van der Waals surface area contributed by atoms with Crippen molar-refractivity contribution in [1.82, 2.24) is 0 Å². The molecule has 35 heavy (non-hydrogen) atoms. The van der Waals surface area contributed by atoms with Gasteiger partial charge in [0.2, 0.25) is 0 Å². The minimum atomic E-state index is 0.291. The predicted octanol–water partition coefficient (Wildman–Crippen LogP) is 10.6. The van der Waals surface area contributed by atoms with Gasteiger partial charge < -0.3 is 0 Å². The summed E-state index contributed by atoms with van der Waals surface area (Å²) in [6.07, 6.45) is 19.5. The molecule has 0 heteroatoms. The Morgan fingerprint density at radius 3 is 2.40 bits per heavy atom. The third kappa shape index (κ3) is 6.69. The summed E-state index contributed by atoms with van der Waals surface area (Å²) in [6.45, 7) is 20.4. The Hall–Kier alpha value is -2.73. The highest BCUT2D eigenvalue weighted by Crippen LogP contribution is 2.41. The molecule has 3 rings (SSSR count). The maximum Gasteiger partial charge on any atom is 0.104 e. The molecule has 0 saturated carbocycles. The maximum absolute atomic E-state index is 2.38. The first-order chi connectivity index (χ1) is 16.5. The lowest BCUT2D eigenvalue weighted by Gasteiger charge is -2.32. The van der Waals surface area contributed by atoms with E-state index in [2.05, 4.69) is 129 Å². The van der Waals surface area contributed by atoms with Crippen LogP contribution >= 0.6 is 0 Å². The Morgan fingerprint density at radius 2 is 1.71 bits per heavy atom. The molecule has 0 aromatic heterocycles. The Bertz CT molecular complexity index is 1170. The number of aryl methyl sites for hydroxylation is 2. The second-order valence-corrected chi connectivity index (χ2v) is 11.5. The van der Waals surface area contributed by atoms with Gasteiger partial charge in [0.15, 0.2) is 0 Å². The summed E-state index contributed by atoms with van der Waals surface area (Å²) in [7, 11) is 0. The molecule has 3 aliphatic carbocycles. The van der Waals surface area contributed by atoms with Crippen LogP contribution in [0.4, 0.5) is 0 Å². The van der Waals surface area contributed by atoms with Crippen molar-refractivity contribution < 1.29 is 0 Å². The van der Waals surface area contributed by atoms with E-state index in [0.717, 1.165) is 0 Å². The van der Waals surface area contributed by atoms with Gasteiger partial charge in [-0.3, -0.25) is 0 Å². The van der Waals surface area contributed by atoms with Crippen molar-refractivity contribution >= 4 is 0 Å². The van der Waals surface area contributed by atoms with Crippen molar-refractivity contribution in [2.45, 2.75) is 87.5 Å². The first-order valence-corrected chi connectivity index (χ1v) is 13.3. The maximum atomic E-state index is 2.38. The topological polar surface area (TPSA) is 0 Å². The average Bonchev–Trinajstić information content (AvgIpc) is 2.96. The van der Waals surface area contributed by atoms with Crippen LogP contribution in [0.3, 0.4) is 0 Å². The molecule has 0 heterocycles. The Kier molecular flexibility index (Phi) is 8.70. The van der Waals surface area contributed by atoms with Gasteiger partial charge in [0.25, 0.3) is 0 Å². The summed E-state index contributed by atoms with van der Waals surface area (Å²) >= 11 is 0. The second-order valence-electron chi connectivity index (χ2n) is 11.5. The quantitative estimate of drug-likeness (QED) is 0.282. The average molecular weight is 466 g/mol. The Labute approximate surface area is 215 Å². The molecular formula is C35H45+. The molecule has 0 nitrogen and oxygen atoms in total. The molecule has 0 atom stereocenters. The summed E-state index contributed by atoms with van der Waals surface area (Å²) in [5.74, 6) is 0.528. The van der Waals surface area contributed by atoms with Gasteiger partial charge in [0.1, 0.15) is 5.56 Å². The fourth-order valence-corrected chi connectivity index (χ4v) is 5.28. The molecule has 0 unspecified atom stereocenters. The monoisotopic (exact) mass is 465 g/mol. The third-order valence-electron chi connectivity index (χ3n) is 7.55. The van der Waals surface area contributed by atoms with E-state index in [9.17, 15) is 0 Å². The zero-order valence-corrected chi connectivity index (χ0v) is 23.5. The highest BCUT2D eigenvalue weighted by atomic mass is 14.3. The van der Waals surface area contributed by atoms with Crippen LogP contribution in [-0.4, -0.2) is 0 Å². The minimum absolute atomic E-state index is 0.291. The molecule has 0 aromatic rings. The van der Waals surface area contributed by atoms with Gasteiger partial charge in [-0.2, -0.15) is 0 Å². The van der Waals surface area contributed by atoms with E-state index >= 15 is 0 Å². The smallest absolute Gasteiger partial charge is 0.0696 e. The van der Waals surface area contributed by atoms with Crippen LogP contribution in [0, 0.1) is 25.7 Å². The standard InChI is InChI=1S/C35H45/c1-24(2)30-19-17-28(6)34-31(22-29(7)32(34)23-30)18-15-25(3)12-10-13-26(4)16-20-33-27(5)14-11-21-35(33,8)9/h10,12-13,15-20,22-24H,11,14,21H2,1-9H3/q+1/b12-10+,20-16+,25-15+,26-13+. The van der Waals surface area contributed by atoms with Crippen molar-refractivity contribution in [2.24, 2.45) is 5.41 Å². The molecule has 0 amide bonds. The zero-order valence-electron chi connectivity index (χ0n) is 23.5. The fourth-order valence-electron chi connectivity index (χ4n) is 5.28. The SMILES string of the molecule is CC1=C(/C=C/C(C)=C/C=C/C(C)=C/[CH+]c2cc(C)c3cc(C(C)C)ccc(C)c2-3)C(C)(C)CCC1. The van der Waals surface area contributed by atoms with Gasteiger partial charge in [-0.05, 0) is 100 Å². The van der Waals surface area contributed by atoms with E-state index in [1.165, 1.54) is 69.4 Å². The molecule has 0 bridgehead atoms. The van der Waals surface area contributed by atoms with Crippen molar-refractivity contribution in [2.75, 3.05) is 0 Å². The van der Waals surface area contributed by atoms with Crippen molar-refractivity contribution in [3.05, 3.63) is 112 Å². The molecule has 3 aliphatic rings. The first-order valence-electron chi connectivity index (χ1n) is 13.3. The van der Waals surface area contributed by atoms with E-state index in [1.807, 2.05) is 0 Å². The Balaban J connectivity index is 1.71. The van der Waals surface area contributed by atoms with E-state index in [-0.39, 0.29) is 0 Å². The van der Waals surface area contributed by atoms with Crippen LogP contribution in [0.2, 0.25) is 0 Å². The molecule has 0 spiro atoms. The molecule has 0 N–H and O–H groups in total. The van der Waals surface area contributed by atoms with Gasteiger partial charge in [-0.15, -0.1) is 0 Å². The van der Waals surface area contributed by atoms with E-state index in [1.54, 1.807) is 5.57 Å². The molecular weight excluding hydrogens is 420 g/mol. The van der Waals surface area contributed by atoms with Crippen LogP contribution in [0.15, 0.2) is 83.0 Å². The lowest BCUT2D eigenvalue weighted by Crippen LogP contribution is -2.19. The highest BCUT2D eigenvalue weighted by Gasteiger charge is 2.26. The van der Waals surface area contributed by atoms with Crippen molar-refractivity contribution in [3.63, 3.8) is 0 Å². The number of hydrogen-bond acceptors (Lipinski definition) is 0. The fraction of sp³-hybridized carbons (Fsp3) is 0.400. The Morgan fingerprint density at radius 1 is 0.971 bits per heavy atom. The highest BCUT2D eigenvalue weighted by molar-refractivity contribution is 5.79. The molecule has 0 aromatic carbocycles. The van der Waals surface area contributed by atoms with Crippen LogP contribution < -0.4 is 0 Å². The summed E-state index contributed by atoms with van der Waals surface area (Å²) < 4.78 is 0. The van der Waals surface area contributed by atoms with E-state index < -0.39 is 0 Å². The second kappa shape index (κ2) is 11.3. The molecule has 0 aliphatic heterocycles. The third-order valence-corrected chi connectivity index (χ3v) is 7.55. The lowest BCUT2D eigenvalue weighted by molar-refractivity contribution is 0.377. The molecule has 0 fully saturated rings. The number of hydrogen-bond donors (Lipinski definition) is 0. The molecule has 0 radical (unpaired) electrons. The summed E-state index contributed by atoms with van der Waals surface area (Å²) in [6, 6.07) is 9.26. The minimum Gasteiger partial charge on any atom is -0.0696 e. The number of allylic oxidation sites excluding steroid dienone is 10. The van der Waals surface area contributed by atoms with Gasteiger partial charge in [0, 0.05) is 35.3 Å². The van der Waals surface area contributed by atoms with Crippen LogP contribution in [0.1, 0.15) is 95.9 Å². The van der Waals surface area contributed by atoms with Crippen molar-refractivity contribution in [3.8, 4) is 11.1 Å². The number of rotatable bonds is 7. The number of fused-ring (bicyclic) bond motifs is 1. The van der Waals surface area contributed by atoms with E-state index in [0.29, 0.717) is 11.3 Å². The normalized spacial score (nSPS) is 17.4. The van der Waals surface area contributed by atoms with Gasteiger partial charge in [-0.25, -0.2) is 0 Å². The van der Waals surface area contributed by atoms with E-state index in [4.69, 9.17) is 0 Å². The van der Waals surface area contributed by atoms with Crippen molar-refractivity contribution in [1.29, 1.82) is 0 Å². The summed E-state index contributed by atoms with van der Waals surface area (Å²) in [4.78, 5) is 0. The molecule has 184 valence electrons. The van der Waals surface area contributed by atoms with Gasteiger partial charge >= 0.3 is 0 Å². The van der Waals surface area contributed by atoms with Gasteiger partial charge in [-0.1, -0.05) is 69.2 Å². The predicted molar refractivity (Wildman–Crippen MR) is 156 cm³/mol. The van der Waals surface area contributed by atoms with Crippen LogP contribution in [-0.2, 0) is 0 Å².